The number of carbonyl (C=O) groups is 1. The van der Waals surface area contributed by atoms with Gasteiger partial charge in [-0.1, -0.05) is 24.3 Å². The summed E-state index contributed by atoms with van der Waals surface area (Å²) in [7, 11) is 1.60. The monoisotopic (exact) mass is 381 g/mol. The molecule has 1 fully saturated rings. The highest BCUT2D eigenvalue weighted by atomic mass is 16.5. The summed E-state index contributed by atoms with van der Waals surface area (Å²) in [6.45, 7) is 5.96. The Morgan fingerprint density at radius 1 is 1.18 bits per heavy atom. The highest BCUT2D eigenvalue weighted by Gasteiger charge is 2.21. The lowest BCUT2D eigenvalue weighted by molar-refractivity contribution is -0.135. The molecule has 1 aromatic heterocycles. The van der Waals surface area contributed by atoms with E-state index in [1.54, 1.807) is 13.3 Å². The van der Waals surface area contributed by atoms with Gasteiger partial charge < -0.3 is 14.4 Å². The van der Waals surface area contributed by atoms with Crippen LogP contribution in [0.3, 0.4) is 0 Å². The van der Waals surface area contributed by atoms with Crippen LogP contribution in [0.25, 0.3) is 6.08 Å². The van der Waals surface area contributed by atoms with Crippen LogP contribution in [0.15, 0.2) is 48.8 Å². The molecule has 0 spiro atoms. The summed E-state index contributed by atoms with van der Waals surface area (Å²) in [4.78, 5) is 20.9. The normalized spacial score (nSPS) is 15.0. The maximum Gasteiger partial charge on any atom is 0.260 e. The third kappa shape index (κ3) is 5.33. The number of nitrogens with zero attached hydrogens (tertiary/aromatic N) is 3. The van der Waals surface area contributed by atoms with Crippen molar-refractivity contribution in [3.63, 3.8) is 0 Å². The van der Waals surface area contributed by atoms with Gasteiger partial charge in [0.25, 0.3) is 5.91 Å². The second-order valence-corrected chi connectivity index (χ2v) is 6.72. The van der Waals surface area contributed by atoms with Crippen LogP contribution in [0.1, 0.15) is 18.1 Å². The number of carbonyl (C=O) groups excluding carboxylic acids is 1. The molecule has 2 aromatic rings. The number of ether oxygens (including phenoxy) is 2. The zero-order valence-electron chi connectivity index (χ0n) is 16.5. The van der Waals surface area contributed by atoms with Crippen molar-refractivity contribution in [3.05, 3.63) is 59.9 Å². The number of methoxy groups -OCH3 is 1. The van der Waals surface area contributed by atoms with Crippen molar-refractivity contribution in [2.24, 2.45) is 0 Å². The van der Waals surface area contributed by atoms with Crippen molar-refractivity contribution in [3.8, 4) is 11.5 Å². The quantitative estimate of drug-likeness (QED) is 0.738. The van der Waals surface area contributed by atoms with Gasteiger partial charge in [0.2, 0.25) is 0 Å². The molecule has 2 heterocycles. The first kappa shape index (κ1) is 19.9. The Morgan fingerprint density at radius 2 is 2.00 bits per heavy atom. The Labute approximate surface area is 166 Å². The first-order valence-corrected chi connectivity index (χ1v) is 9.52. The first-order chi connectivity index (χ1) is 13.7. The van der Waals surface area contributed by atoms with E-state index in [9.17, 15) is 4.79 Å². The molecule has 0 aliphatic carbocycles. The molecule has 6 heteroatoms. The summed E-state index contributed by atoms with van der Waals surface area (Å²) in [6, 6.07) is 9.71. The highest BCUT2D eigenvalue weighted by molar-refractivity contribution is 5.78. The lowest BCUT2D eigenvalue weighted by atomic mass is 10.2. The summed E-state index contributed by atoms with van der Waals surface area (Å²) in [5.74, 6) is 1.21. The number of pyridine rings is 1. The lowest BCUT2D eigenvalue weighted by Crippen LogP contribution is -2.49. The minimum Gasteiger partial charge on any atom is -0.493 e. The first-order valence-electron chi connectivity index (χ1n) is 9.52. The average molecular weight is 381 g/mol. The van der Waals surface area contributed by atoms with Crippen LogP contribution in [0, 0.1) is 0 Å². The third-order valence-electron chi connectivity index (χ3n) is 4.75. The number of hydrogen-bond donors (Lipinski definition) is 0. The second-order valence-electron chi connectivity index (χ2n) is 6.72. The van der Waals surface area contributed by atoms with E-state index < -0.39 is 0 Å². The molecule has 1 aromatic carbocycles. The van der Waals surface area contributed by atoms with Crippen LogP contribution in [-0.2, 0) is 11.3 Å². The Hall–Kier alpha value is -2.86. The minimum absolute atomic E-state index is 0.000566. The van der Waals surface area contributed by atoms with E-state index in [-0.39, 0.29) is 12.5 Å². The molecular weight excluding hydrogens is 354 g/mol. The van der Waals surface area contributed by atoms with Gasteiger partial charge >= 0.3 is 0 Å². The summed E-state index contributed by atoms with van der Waals surface area (Å²) in [5, 5.41) is 0. The van der Waals surface area contributed by atoms with Crippen molar-refractivity contribution in [1.82, 2.24) is 14.8 Å². The van der Waals surface area contributed by atoms with Gasteiger partial charge in [-0.15, -0.1) is 0 Å². The number of rotatable bonds is 7. The van der Waals surface area contributed by atoms with E-state index in [0.29, 0.717) is 24.6 Å². The maximum atomic E-state index is 12.5. The van der Waals surface area contributed by atoms with E-state index in [2.05, 4.69) is 16.0 Å². The van der Waals surface area contributed by atoms with Crippen LogP contribution >= 0.6 is 0 Å². The van der Waals surface area contributed by atoms with Gasteiger partial charge in [0, 0.05) is 45.1 Å². The summed E-state index contributed by atoms with van der Waals surface area (Å²) in [6.07, 6.45) is 7.62. The molecule has 0 radical (unpaired) electrons. The molecule has 0 atom stereocenters. The zero-order valence-corrected chi connectivity index (χ0v) is 16.5. The third-order valence-corrected chi connectivity index (χ3v) is 4.75. The fourth-order valence-corrected chi connectivity index (χ4v) is 3.24. The largest absolute Gasteiger partial charge is 0.493 e. The molecule has 1 saturated heterocycles. The Bertz CT molecular complexity index is 800. The van der Waals surface area contributed by atoms with Crippen LogP contribution in [0.4, 0.5) is 0 Å². The molecule has 0 bridgehead atoms. The number of allylic oxidation sites excluding steroid dienone is 1. The molecule has 1 amide bonds. The lowest BCUT2D eigenvalue weighted by Gasteiger charge is -2.34. The molecule has 1 aliphatic rings. The predicted molar refractivity (Wildman–Crippen MR) is 109 cm³/mol. The molecule has 0 saturated carbocycles. The number of piperazine rings is 1. The Morgan fingerprint density at radius 3 is 2.68 bits per heavy atom. The van der Waals surface area contributed by atoms with Gasteiger partial charge in [0.1, 0.15) is 0 Å². The molecular formula is C22H27N3O3. The number of hydrogen-bond acceptors (Lipinski definition) is 5. The Balaban J connectivity index is 1.48. The average Bonchev–Trinajstić information content (AvgIpc) is 2.74. The van der Waals surface area contributed by atoms with Gasteiger partial charge in [-0.25, -0.2) is 0 Å². The van der Waals surface area contributed by atoms with Crippen LogP contribution in [-0.4, -0.2) is 60.6 Å². The van der Waals surface area contributed by atoms with E-state index >= 15 is 0 Å². The summed E-state index contributed by atoms with van der Waals surface area (Å²) >= 11 is 0. The van der Waals surface area contributed by atoms with Crippen molar-refractivity contribution in [1.29, 1.82) is 0 Å². The highest BCUT2D eigenvalue weighted by Crippen LogP contribution is 2.28. The van der Waals surface area contributed by atoms with Crippen molar-refractivity contribution in [2.75, 3.05) is 39.9 Å². The predicted octanol–water partition coefficient (Wildman–Crippen LogP) is 2.85. The standard InChI is InChI=1S/C22H27N3O3/c1-3-5-18-7-8-20(21(14-18)27-2)28-17-22(26)25-12-10-24(11-13-25)16-19-6-4-9-23-15-19/h3-9,14-15H,10-13,16-17H2,1-2H3/b5-3+. The maximum absolute atomic E-state index is 12.5. The van der Waals surface area contributed by atoms with Crippen LogP contribution < -0.4 is 9.47 Å². The van der Waals surface area contributed by atoms with Crippen LogP contribution in [0.2, 0.25) is 0 Å². The topological polar surface area (TPSA) is 54.9 Å². The molecule has 1 aliphatic heterocycles. The van der Waals surface area contributed by atoms with Gasteiger partial charge in [-0.05, 0) is 36.2 Å². The van der Waals surface area contributed by atoms with Gasteiger partial charge in [0.05, 0.1) is 7.11 Å². The molecule has 0 unspecified atom stereocenters. The molecule has 6 nitrogen and oxygen atoms in total. The van der Waals surface area contributed by atoms with Gasteiger partial charge in [0.15, 0.2) is 18.1 Å². The second kappa shape index (κ2) is 9.90. The van der Waals surface area contributed by atoms with Crippen molar-refractivity contribution in [2.45, 2.75) is 13.5 Å². The minimum atomic E-state index is 0.000566. The van der Waals surface area contributed by atoms with E-state index in [4.69, 9.17) is 9.47 Å². The Kier molecular flexibility index (Phi) is 7.03. The van der Waals surface area contributed by atoms with Gasteiger partial charge in [-0.3, -0.25) is 14.7 Å². The number of benzene rings is 1. The smallest absolute Gasteiger partial charge is 0.260 e. The SMILES string of the molecule is C/C=C/c1ccc(OCC(=O)N2CCN(Cc3cccnc3)CC2)c(OC)c1. The molecule has 3 rings (SSSR count). The van der Waals surface area contributed by atoms with E-state index in [0.717, 1.165) is 25.2 Å². The zero-order chi connectivity index (χ0) is 19.8. The molecule has 28 heavy (non-hydrogen) atoms. The molecule has 148 valence electrons. The summed E-state index contributed by atoms with van der Waals surface area (Å²) < 4.78 is 11.1. The molecule has 0 N–H and O–H groups in total. The number of amides is 1. The van der Waals surface area contributed by atoms with Gasteiger partial charge in [-0.2, -0.15) is 0 Å². The number of aromatic nitrogens is 1. The fraction of sp³-hybridized carbons (Fsp3) is 0.364. The van der Waals surface area contributed by atoms with Crippen LogP contribution in [0.5, 0.6) is 11.5 Å². The summed E-state index contributed by atoms with van der Waals surface area (Å²) in [5.41, 5.74) is 2.22. The van der Waals surface area contributed by atoms with E-state index in [1.807, 2.05) is 54.4 Å². The van der Waals surface area contributed by atoms with E-state index in [1.165, 1.54) is 5.56 Å². The van der Waals surface area contributed by atoms with Crippen molar-refractivity contribution >= 4 is 12.0 Å². The fourth-order valence-electron chi connectivity index (χ4n) is 3.24. The van der Waals surface area contributed by atoms with Crippen molar-refractivity contribution < 1.29 is 14.3 Å².